The summed E-state index contributed by atoms with van der Waals surface area (Å²) >= 11 is 5.90. The molecule has 0 amide bonds. The number of ether oxygens (including phenoxy) is 1. The molecular weight excluding hydrogens is 390 g/mol. The summed E-state index contributed by atoms with van der Waals surface area (Å²) in [5, 5.41) is 14.0. The molecule has 1 heterocycles. The number of benzene rings is 3. The predicted molar refractivity (Wildman–Crippen MR) is 113 cm³/mol. The molecule has 0 aliphatic carbocycles. The Bertz CT molecular complexity index is 1200. The van der Waals surface area contributed by atoms with Gasteiger partial charge in [0.15, 0.2) is 0 Å². The van der Waals surface area contributed by atoms with Gasteiger partial charge < -0.3 is 15.6 Å². The van der Waals surface area contributed by atoms with Crippen LogP contribution in [-0.2, 0) is 0 Å². The highest BCUT2D eigenvalue weighted by Gasteiger charge is 2.13. The second-order valence-corrected chi connectivity index (χ2v) is 6.73. The number of phenols is 1. The molecule has 144 valence electrons. The number of hydrogen-bond donors (Lipinski definition) is 2. The van der Waals surface area contributed by atoms with Crippen molar-refractivity contribution in [2.45, 2.75) is 0 Å². The average molecular weight is 406 g/mol. The van der Waals surface area contributed by atoms with Gasteiger partial charge in [0.2, 0.25) is 5.75 Å². The number of nitrogen functional groups attached to an aromatic ring is 1. The molecule has 0 saturated carbocycles. The van der Waals surface area contributed by atoms with E-state index in [9.17, 15) is 9.90 Å². The van der Waals surface area contributed by atoms with E-state index in [2.05, 4.69) is 5.10 Å². The van der Waals surface area contributed by atoms with Crippen LogP contribution >= 0.6 is 11.6 Å². The summed E-state index contributed by atoms with van der Waals surface area (Å²) in [6.07, 6.45) is 1.37. The molecule has 4 aromatic rings. The Morgan fingerprint density at radius 1 is 0.897 bits per heavy atom. The summed E-state index contributed by atoms with van der Waals surface area (Å²) in [6.45, 7) is 0. The summed E-state index contributed by atoms with van der Waals surface area (Å²) in [4.78, 5) is 12.8. The minimum Gasteiger partial charge on any atom is -0.508 e. The van der Waals surface area contributed by atoms with Crippen molar-refractivity contribution >= 4 is 17.3 Å². The van der Waals surface area contributed by atoms with Gasteiger partial charge in [-0.25, -0.2) is 0 Å². The first-order valence-corrected chi connectivity index (χ1v) is 9.10. The standard InChI is InChI=1S/C22H16ClN3O3/c23-16-5-7-17(8-6-16)26-22(28)21(20(24)13-25-26)29-19-11-3-15(4-12-19)14-1-9-18(27)10-2-14/h1-13,27H,24H2. The van der Waals surface area contributed by atoms with Gasteiger partial charge >= 0.3 is 5.56 Å². The Morgan fingerprint density at radius 3 is 2.10 bits per heavy atom. The molecule has 0 fully saturated rings. The monoisotopic (exact) mass is 405 g/mol. The zero-order valence-corrected chi connectivity index (χ0v) is 15.9. The fraction of sp³-hybridized carbons (Fsp3) is 0. The van der Waals surface area contributed by atoms with Gasteiger partial charge in [-0.2, -0.15) is 9.78 Å². The average Bonchev–Trinajstić information content (AvgIpc) is 2.73. The highest BCUT2D eigenvalue weighted by molar-refractivity contribution is 6.30. The molecule has 0 unspecified atom stereocenters. The summed E-state index contributed by atoms with van der Waals surface area (Å²) in [5.74, 6) is 0.663. The predicted octanol–water partition coefficient (Wildman–Crippen LogP) is 4.63. The number of halogens is 1. The van der Waals surface area contributed by atoms with E-state index in [-0.39, 0.29) is 17.2 Å². The van der Waals surface area contributed by atoms with Gasteiger partial charge in [0.25, 0.3) is 0 Å². The second kappa shape index (κ2) is 7.69. The minimum absolute atomic E-state index is 0.00710. The minimum atomic E-state index is -0.477. The molecule has 0 aliphatic heterocycles. The Hall–Kier alpha value is -3.77. The smallest absolute Gasteiger partial charge is 0.316 e. The van der Waals surface area contributed by atoms with Crippen LogP contribution in [0.25, 0.3) is 16.8 Å². The summed E-state index contributed by atoms with van der Waals surface area (Å²) in [6, 6.07) is 20.8. The molecule has 0 aliphatic rings. The quantitative estimate of drug-likeness (QED) is 0.516. The van der Waals surface area contributed by atoms with E-state index >= 15 is 0 Å². The van der Waals surface area contributed by atoms with Crippen LogP contribution in [0, 0.1) is 0 Å². The lowest BCUT2D eigenvalue weighted by Crippen LogP contribution is -2.23. The lowest BCUT2D eigenvalue weighted by atomic mass is 10.1. The van der Waals surface area contributed by atoms with Crippen LogP contribution < -0.4 is 16.0 Å². The first-order valence-electron chi connectivity index (χ1n) is 8.72. The molecule has 0 atom stereocenters. The van der Waals surface area contributed by atoms with Crippen molar-refractivity contribution in [3.05, 3.63) is 94.4 Å². The van der Waals surface area contributed by atoms with Gasteiger partial charge in [0.1, 0.15) is 17.2 Å². The van der Waals surface area contributed by atoms with Crippen LogP contribution in [0.5, 0.6) is 17.2 Å². The Balaban J connectivity index is 1.64. The van der Waals surface area contributed by atoms with E-state index in [1.807, 2.05) is 24.3 Å². The topological polar surface area (TPSA) is 90.4 Å². The van der Waals surface area contributed by atoms with Crippen molar-refractivity contribution < 1.29 is 9.84 Å². The lowest BCUT2D eigenvalue weighted by molar-refractivity contribution is 0.470. The van der Waals surface area contributed by atoms with Gasteiger partial charge in [-0.3, -0.25) is 4.79 Å². The molecule has 0 bridgehead atoms. The molecular formula is C22H16ClN3O3. The van der Waals surface area contributed by atoms with Crippen molar-refractivity contribution in [1.29, 1.82) is 0 Å². The van der Waals surface area contributed by atoms with Crippen LogP contribution in [-0.4, -0.2) is 14.9 Å². The number of rotatable bonds is 4. The number of anilines is 1. The Kier molecular flexibility index (Phi) is 4.93. The van der Waals surface area contributed by atoms with E-state index in [1.165, 1.54) is 10.9 Å². The molecule has 0 radical (unpaired) electrons. The van der Waals surface area contributed by atoms with E-state index in [0.29, 0.717) is 16.5 Å². The zero-order chi connectivity index (χ0) is 20.4. The van der Waals surface area contributed by atoms with Crippen molar-refractivity contribution in [2.75, 3.05) is 5.73 Å². The van der Waals surface area contributed by atoms with Crippen LogP contribution in [0.4, 0.5) is 5.69 Å². The lowest BCUT2D eigenvalue weighted by Gasteiger charge is -2.11. The van der Waals surface area contributed by atoms with Crippen molar-refractivity contribution in [1.82, 2.24) is 9.78 Å². The third kappa shape index (κ3) is 3.93. The Labute approximate surface area is 171 Å². The van der Waals surface area contributed by atoms with Gasteiger partial charge in [0.05, 0.1) is 11.9 Å². The highest BCUT2D eigenvalue weighted by atomic mass is 35.5. The molecule has 0 spiro atoms. The van der Waals surface area contributed by atoms with Gasteiger partial charge in [0, 0.05) is 5.02 Å². The molecule has 7 heteroatoms. The molecule has 4 rings (SSSR count). The third-order valence-corrected chi connectivity index (χ3v) is 4.56. The second-order valence-electron chi connectivity index (χ2n) is 6.30. The molecule has 0 saturated heterocycles. The van der Waals surface area contributed by atoms with Crippen LogP contribution in [0.3, 0.4) is 0 Å². The van der Waals surface area contributed by atoms with Crippen LogP contribution in [0.2, 0.25) is 5.02 Å². The van der Waals surface area contributed by atoms with Gasteiger partial charge in [-0.15, -0.1) is 0 Å². The van der Waals surface area contributed by atoms with Gasteiger partial charge in [-0.1, -0.05) is 35.9 Å². The highest BCUT2D eigenvalue weighted by Crippen LogP contribution is 2.27. The first kappa shape index (κ1) is 18.6. The zero-order valence-electron chi connectivity index (χ0n) is 15.1. The van der Waals surface area contributed by atoms with Gasteiger partial charge in [-0.05, 0) is 59.7 Å². The van der Waals surface area contributed by atoms with E-state index < -0.39 is 5.56 Å². The number of aromatic nitrogens is 2. The van der Waals surface area contributed by atoms with E-state index in [0.717, 1.165) is 11.1 Å². The fourth-order valence-electron chi connectivity index (χ4n) is 2.81. The number of aromatic hydroxyl groups is 1. The number of nitrogens with zero attached hydrogens (tertiary/aromatic N) is 2. The summed E-state index contributed by atoms with van der Waals surface area (Å²) in [7, 11) is 0. The maximum atomic E-state index is 12.8. The first-order chi connectivity index (χ1) is 14.0. The largest absolute Gasteiger partial charge is 0.508 e. The van der Waals surface area contributed by atoms with Crippen molar-refractivity contribution in [2.24, 2.45) is 0 Å². The summed E-state index contributed by atoms with van der Waals surface area (Å²) in [5.41, 5.74) is 8.03. The molecule has 1 aromatic heterocycles. The fourth-order valence-corrected chi connectivity index (χ4v) is 2.93. The molecule has 6 nitrogen and oxygen atoms in total. The summed E-state index contributed by atoms with van der Waals surface area (Å²) < 4.78 is 6.97. The maximum Gasteiger partial charge on any atom is 0.316 e. The van der Waals surface area contributed by atoms with E-state index in [1.54, 1.807) is 48.5 Å². The van der Waals surface area contributed by atoms with Crippen LogP contribution in [0.1, 0.15) is 0 Å². The normalized spacial score (nSPS) is 10.7. The SMILES string of the molecule is Nc1cnn(-c2ccc(Cl)cc2)c(=O)c1Oc1ccc(-c2ccc(O)cc2)cc1. The number of hydrogen-bond acceptors (Lipinski definition) is 5. The van der Waals surface area contributed by atoms with Crippen LogP contribution in [0.15, 0.2) is 83.8 Å². The number of nitrogens with two attached hydrogens (primary N) is 1. The van der Waals surface area contributed by atoms with Crippen molar-refractivity contribution in [3.8, 4) is 34.1 Å². The van der Waals surface area contributed by atoms with E-state index in [4.69, 9.17) is 22.1 Å². The molecule has 29 heavy (non-hydrogen) atoms. The number of phenolic OH excluding ortho intramolecular Hbond substituents is 1. The van der Waals surface area contributed by atoms with Crippen molar-refractivity contribution in [3.63, 3.8) is 0 Å². The maximum absolute atomic E-state index is 12.8. The molecule has 3 N–H and O–H groups in total. The Morgan fingerprint density at radius 2 is 1.48 bits per heavy atom. The molecule has 3 aromatic carbocycles. The third-order valence-electron chi connectivity index (χ3n) is 4.31.